The van der Waals surface area contributed by atoms with Crippen LogP contribution in [0.3, 0.4) is 0 Å². The van der Waals surface area contributed by atoms with E-state index in [1.165, 1.54) is 0 Å². The molecule has 1 aromatic carbocycles. The second-order valence-electron chi connectivity index (χ2n) is 6.88. The van der Waals surface area contributed by atoms with Gasteiger partial charge in [-0.05, 0) is 38.2 Å². The lowest BCUT2D eigenvalue weighted by Crippen LogP contribution is -2.49. The average Bonchev–Trinajstić information content (AvgIpc) is 2.88. The van der Waals surface area contributed by atoms with Crippen molar-refractivity contribution in [3.63, 3.8) is 0 Å². The Morgan fingerprint density at radius 2 is 1.96 bits per heavy atom. The average molecular weight is 343 g/mol. The largest absolute Gasteiger partial charge is 0.338 e. The van der Waals surface area contributed by atoms with Crippen LogP contribution in [-0.2, 0) is 15.1 Å². The van der Waals surface area contributed by atoms with Crippen molar-refractivity contribution in [2.75, 3.05) is 13.1 Å². The highest BCUT2D eigenvalue weighted by Gasteiger charge is 2.51. The van der Waals surface area contributed by atoms with Gasteiger partial charge in [0, 0.05) is 12.6 Å². The predicted octanol–water partition coefficient (Wildman–Crippen LogP) is 2.24. The van der Waals surface area contributed by atoms with E-state index in [9.17, 15) is 14.4 Å². The summed E-state index contributed by atoms with van der Waals surface area (Å²) in [5.41, 5.74) is -0.330. The lowest BCUT2D eigenvalue weighted by molar-refractivity contribution is -0.141. The molecule has 0 aliphatic carbocycles. The third-order valence-electron chi connectivity index (χ3n) is 5.39. The van der Waals surface area contributed by atoms with E-state index in [1.54, 1.807) is 4.90 Å². The first kappa shape index (κ1) is 17.5. The van der Waals surface area contributed by atoms with Crippen LogP contribution < -0.4 is 5.32 Å². The molecule has 25 heavy (non-hydrogen) atoms. The van der Waals surface area contributed by atoms with Crippen molar-refractivity contribution in [2.24, 2.45) is 0 Å². The smallest absolute Gasteiger partial charge is 0.325 e. The van der Waals surface area contributed by atoms with Gasteiger partial charge in [0.2, 0.25) is 5.91 Å². The Hall–Kier alpha value is -2.37. The number of hydrogen-bond donors (Lipinski definition) is 1. The van der Waals surface area contributed by atoms with Crippen molar-refractivity contribution in [3.8, 4) is 0 Å². The number of hydrogen-bond acceptors (Lipinski definition) is 3. The van der Waals surface area contributed by atoms with E-state index in [0.717, 1.165) is 29.7 Å². The minimum absolute atomic E-state index is 0.157. The summed E-state index contributed by atoms with van der Waals surface area (Å²) in [6.45, 7) is 4.39. The maximum absolute atomic E-state index is 13.0. The minimum atomic E-state index is -1.08. The minimum Gasteiger partial charge on any atom is -0.338 e. The van der Waals surface area contributed by atoms with Crippen molar-refractivity contribution in [1.29, 1.82) is 0 Å². The van der Waals surface area contributed by atoms with Crippen LogP contribution in [0.25, 0.3) is 0 Å². The fraction of sp³-hybridized carbons (Fsp3) is 0.526. The van der Waals surface area contributed by atoms with E-state index in [2.05, 4.69) is 5.32 Å². The van der Waals surface area contributed by atoms with Crippen LogP contribution in [0.1, 0.15) is 45.1 Å². The van der Waals surface area contributed by atoms with E-state index >= 15 is 0 Å². The quantitative estimate of drug-likeness (QED) is 0.853. The van der Waals surface area contributed by atoms with Crippen LogP contribution in [0.4, 0.5) is 4.79 Å². The Morgan fingerprint density at radius 1 is 1.24 bits per heavy atom. The Kier molecular flexibility index (Phi) is 4.79. The standard InChI is InChI=1S/C19H25N3O3/c1-3-19(15-10-5-4-6-11-15)17(24)22(18(25)20-19)13-16(23)21-12-8-7-9-14(21)2/h4-6,10-11,14H,3,7-9,12-13H2,1-2H3,(H,20,25)/t14-,19-/m1/s1. The van der Waals surface area contributed by atoms with E-state index < -0.39 is 11.6 Å². The van der Waals surface area contributed by atoms with Gasteiger partial charge in [-0.1, -0.05) is 37.3 Å². The van der Waals surface area contributed by atoms with Gasteiger partial charge >= 0.3 is 6.03 Å². The molecule has 2 atom stereocenters. The van der Waals surface area contributed by atoms with Crippen molar-refractivity contribution in [1.82, 2.24) is 15.1 Å². The molecule has 0 radical (unpaired) electrons. The molecule has 2 saturated heterocycles. The Bertz CT molecular complexity index is 676. The number of carbonyl (C=O) groups is 3. The van der Waals surface area contributed by atoms with Gasteiger partial charge in [0.05, 0.1) is 0 Å². The number of nitrogens with one attached hydrogen (secondary N) is 1. The second kappa shape index (κ2) is 6.86. The molecule has 2 aliphatic rings. The van der Waals surface area contributed by atoms with E-state index in [0.29, 0.717) is 13.0 Å². The summed E-state index contributed by atoms with van der Waals surface area (Å²) >= 11 is 0. The zero-order valence-corrected chi connectivity index (χ0v) is 14.8. The number of urea groups is 1. The molecule has 2 heterocycles. The van der Waals surface area contributed by atoms with Gasteiger partial charge in [0.1, 0.15) is 12.1 Å². The highest BCUT2D eigenvalue weighted by Crippen LogP contribution is 2.32. The normalized spacial score (nSPS) is 26.7. The molecule has 0 spiro atoms. The van der Waals surface area contributed by atoms with Crippen molar-refractivity contribution >= 4 is 17.8 Å². The van der Waals surface area contributed by atoms with Crippen LogP contribution in [0.2, 0.25) is 0 Å². The molecule has 0 unspecified atom stereocenters. The second-order valence-corrected chi connectivity index (χ2v) is 6.88. The molecule has 0 bridgehead atoms. The number of amides is 4. The van der Waals surface area contributed by atoms with Gasteiger partial charge in [0.25, 0.3) is 5.91 Å². The van der Waals surface area contributed by atoms with Gasteiger partial charge in [0.15, 0.2) is 0 Å². The molecular weight excluding hydrogens is 318 g/mol. The molecule has 4 amide bonds. The summed E-state index contributed by atoms with van der Waals surface area (Å²) in [5.74, 6) is -0.500. The molecule has 2 fully saturated rings. The maximum atomic E-state index is 13.0. The first-order valence-electron chi connectivity index (χ1n) is 8.98. The zero-order chi connectivity index (χ0) is 18.0. The molecule has 0 aromatic heterocycles. The molecule has 6 heteroatoms. The number of nitrogens with zero attached hydrogens (tertiary/aromatic N) is 2. The summed E-state index contributed by atoms with van der Waals surface area (Å²) in [6.07, 6.45) is 3.49. The third kappa shape index (κ3) is 3.01. The molecule has 0 saturated carbocycles. The first-order valence-corrected chi connectivity index (χ1v) is 8.98. The maximum Gasteiger partial charge on any atom is 0.325 e. The van der Waals surface area contributed by atoms with Crippen LogP contribution >= 0.6 is 0 Å². The van der Waals surface area contributed by atoms with Crippen molar-refractivity contribution in [3.05, 3.63) is 35.9 Å². The Morgan fingerprint density at radius 3 is 2.60 bits per heavy atom. The van der Waals surface area contributed by atoms with Crippen molar-refractivity contribution < 1.29 is 14.4 Å². The zero-order valence-electron chi connectivity index (χ0n) is 14.8. The van der Waals surface area contributed by atoms with Crippen molar-refractivity contribution in [2.45, 2.75) is 51.1 Å². The number of likely N-dealkylation sites (tertiary alicyclic amines) is 1. The topological polar surface area (TPSA) is 69.7 Å². The van der Waals surface area contributed by atoms with Gasteiger partial charge in [-0.2, -0.15) is 0 Å². The van der Waals surface area contributed by atoms with Gasteiger partial charge in [-0.3, -0.25) is 14.5 Å². The summed E-state index contributed by atoms with van der Waals surface area (Å²) in [5, 5.41) is 2.82. The van der Waals surface area contributed by atoms with Crippen LogP contribution in [0.5, 0.6) is 0 Å². The van der Waals surface area contributed by atoms with Gasteiger partial charge < -0.3 is 10.2 Å². The van der Waals surface area contributed by atoms with Crippen LogP contribution in [0.15, 0.2) is 30.3 Å². The SMILES string of the molecule is CC[C@]1(c2ccccc2)NC(=O)N(CC(=O)N2CCCC[C@H]2C)C1=O. The highest BCUT2D eigenvalue weighted by atomic mass is 16.2. The summed E-state index contributed by atoms with van der Waals surface area (Å²) in [7, 11) is 0. The summed E-state index contributed by atoms with van der Waals surface area (Å²) in [6, 6.07) is 8.89. The van der Waals surface area contributed by atoms with Crippen LogP contribution in [-0.4, -0.2) is 46.8 Å². The summed E-state index contributed by atoms with van der Waals surface area (Å²) < 4.78 is 0. The number of rotatable bonds is 4. The van der Waals surface area contributed by atoms with E-state index in [-0.39, 0.29) is 24.4 Å². The lowest BCUT2D eigenvalue weighted by Gasteiger charge is -2.34. The number of benzene rings is 1. The Balaban J connectivity index is 1.80. The van der Waals surface area contributed by atoms with E-state index in [4.69, 9.17) is 0 Å². The van der Waals surface area contributed by atoms with Gasteiger partial charge in [-0.25, -0.2) is 4.79 Å². The first-order chi connectivity index (χ1) is 12.0. The molecule has 6 nitrogen and oxygen atoms in total. The number of carbonyl (C=O) groups excluding carboxylic acids is 3. The predicted molar refractivity (Wildman–Crippen MR) is 93.7 cm³/mol. The van der Waals surface area contributed by atoms with Crippen LogP contribution in [0, 0.1) is 0 Å². The highest BCUT2D eigenvalue weighted by molar-refractivity contribution is 6.09. The molecule has 1 N–H and O–H groups in total. The number of imide groups is 1. The molecule has 2 aliphatic heterocycles. The number of piperidine rings is 1. The third-order valence-corrected chi connectivity index (χ3v) is 5.39. The Labute approximate surface area is 148 Å². The molecule has 134 valence electrons. The van der Waals surface area contributed by atoms with E-state index in [1.807, 2.05) is 44.2 Å². The lowest BCUT2D eigenvalue weighted by atomic mass is 9.87. The molecule has 1 aromatic rings. The monoisotopic (exact) mass is 343 g/mol. The fourth-order valence-corrected chi connectivity index (χ4v) is 3.83. The fourth-order valence-electron chi connectivity index (χ4n) is 3.83. The summed E-state index contributed by atoms with van der Waals surface area (Å²) in [4.78, 5) is 41.0. The van der Waals surface area contributed by atoms with Gasteiger partial charge in [-0.15, -0.1) is 0 Å². The molecular formula is C19H25N3O3. The molecule has 3 rings (SSSR count).